The third-order valence-corrected chi connectivity index (χ3v) is 6.13. The highest BCUT2D eigenvalue weighted by molar-refractivity contribution is 7.97. The molecule has 1 aromatic carbocycles. The van der Waals surface area contributed by atoms with E-state index in [1.54, 1.807) is 16.5 Å². The van der Waals surface area contributed by atoms with Crippen LogP contribution in [0.25, 0.3) is 16.9 Å². The first kappa shape index (κ1) is 19.9. The normalized spacial score (nSPS) is 15.9. The number of fused-ring (bicyclic) bond motifs is 1. The molecule has 0 atom stereocenters. The Hall–Kier alpha value is -2.36. The summed E-state index contributed by atoms with van der Waals surface area (Å²) in [4.78, 5) is 23.4. The van der Waals surface area contributed by atoms with Gasteiger partial charge in [-0.3, -0.25) is 4.79 Å². The van der Waals surface area contributed by atoms with Crippen LogP contribution in [0.2, 0.25) is 0 Å². The monoisotopic (exact) mass is 414 g/mol. The number of likely N-dealkylation sites (N-methyl/N-ethyl adjacent to an activating group) is 1. The zero-order valence-electron chi connectivity index (χ0n) is 17.2. The maximum absolute atomic E-state index is 12.7. The number of nitrogens with zero attached hydrogens (tertiary/aromatic N) is 5. The van der Waals surface area contributed by atoms with Crippen molar-refractivity contribution in [3.63, 3.8) is 0 Å². The summed E-state index contributed by atoms with van der Waals surface area (Å²) in [7, 11) is 2.15. The number of H-pyrrole nitrogens is 1. The molecule has 0 bridgehead atoms. The first-order valence-electron chi connectivity index (χ1n) is 9.81. The highest BCUT2D eigenvalue weighted by atomic mass is 32.2. The average Bonchev–Trinajstić information content (AvgIpc) is 2.99. The third-order valence-electron chi connectivity index (χ3n) is 5.04. The second-order valence-corrected chi connectivity index (χ2v) is 8.39. The number of hydrogen-bond acceptors (Lipinski definition) is 7. The van der Waals surface area contributed by atoms with E-state index >= 15 is 0 Å². The van der Waals surface area contributed by atoms with E-state index < -0.39 is 0 Å². The van der Waals surface area contributed by atoms with Gasteiger partial charge in [-0.1, -0.05) is 0 Å². The maximum atomic E-state index is 12.7. The fourth-order valence-corrected chi connectivity index (χ4v) is 4.46. The maximum Gasteiger partial charge on any atom is 0.277 e. The molecule has 154 valence electrons. The molecule has 0 amide bonds. The van der Waals surface area contributed by atoms with E-state index in [2.05, 4.69) is 37.4 Å². The number of hydrogen-bond donors (Lipinski definition) is 1. The largest absolute Gasteiger partial charge is 0.493 e. The first-order valence-corrected chi connectivity index (χ1v) is 10.6. The number of rotatable bonds is 5. The average molecular weight is 415 g/mol. The van der Waals surface area contributed by atoms with Crippen molar-refractivity contribution < 1.29 is 4.74 Å². The van der Waals surface area contributed by atoms with E-state index in [-0.39, 0.29) is 5.56 Å². The quantitative estimate of drug-likeness (QED) is 0.642. The van der Waals surface area contributed by atoms with Gasteiger partial charge < -0.3 is 14.6 Å². The summed E-state index contributed by atoms with van der Waals surface area (Å²) in [6, 6.07) is 6.05. The molecule has 0 aliphatic carbocycles. The van der Waals surface area contributed by atoms with Gasteiger partial charge in [0.2, 0.25) is 0 Å². The van der Waals surface area contributed by atoms with E-state index in [1.165, 1.54) is 0 Å². The lowest BCUT2D eigenvalue weighted by molar-refractivity contribution is 0.233. The van der Waals surface area contributed by atoms with E-state index in [0.29, 0.717) is 35.2 Å². The van der Waals surface area contributed by atoms with Crippen LogP contribution in [0.5, 0.6) is 5.75 Å². The van der Waals surface area contributed by atoms with Gasteiger partial charge in [-0.05, 0) is 58.0 Å². The summed E-state index contributed by atoms with van der Waals surface area (Å²) >= 11 is 1.73. The summed E-state index contributed by atoms with van der Waals surface area (Å²) < 4.78 is 9.80. The molecule has 1 aliphatic rings. The van der Waals surface area contributed by atoms with Crippen LogP contribution >= 0.6 is 11.9 Å². The first-order chi connectivity index (χ1) is 14.0. The van der Waals surface area contributed by atoms with Gasteiger partial charge in [0.1, 0.15) is 11.6 Å². The van der Waals surface area contributed by atoms with Gasteiger partial charge in [0.05, 0.1) is 17.9 Å². The van der Waals surface area contributed by atoms with Crippen molar-refractivity contribution in [2.24, 2.45) is 0 Å². The number of piperazine rings is 1. The van der Waals surface area contributed by atoms with Crippen molar-refractivity contribution in [1.82, 2.24) is 28.8 Å². The molecule has 0 spiro atoms. The van der Waals surface area contributed by atoms with Gasteiger partial charge in [-0.15, -0.1) is 5.10 Å². The fourth-order valence-electron chi connectivity index (χ4n) is 3.51. The molecule has 9 heteroatoms. The van der Waals surface area contributed by atoms with Crippen molar-refractivity contribution in [1.29, 1.82) is 0 Å². The summed E-state index contributed by atoms with van der Waals surface area (Å²) in [6.07, 6.45) is 0. The van der Waals surface area contributed by atoms with Crippen molar-refractivity contribution in [2.45, 2.75) is 25.7 Å². The molecule has 4 rings (SSSR count). The number of benzene rings is 1. The number of imidazole rings is 1. The molecule has 1 aliphatic heterocycles. The smallest absolute Gasteiger partial charge is 0.277 e. The van der Waals surface area contributed by atoms with Crippen LogP contribution < -0.4 is 10.3 Å². The number of aromatic amines is 1. The Labute approximate surface area is 174 Å². The van der Waals surface area contributed by atoms with E-state index in [9.17, 15) is 4.79 Å². The minimum absolute atomic E-state index is 0.201. The Morgan fingerprint density at radius 3 is 2.69 bits per heavy atom. The summed E-state index contributed by atoms with van der Waals surface area (Å²) in [5.41, 5.74) is 1.72. The lowest BCUT2D eigenvalue weighted by Crippen LogP contribution is -2.40. The fraction of sp³-hybridized carbons (Fsp3) is 0.450. The predicted molar refractivity (Wildman–Crippen MR) is 115 cm³/mol. The van der Waals surface area contributed by atoms with Gasteiger partial charge in [0.15, 0.2) is 11.3 Å². The molecule has 8 nitrogen and oxygen atoms in total. The zero-order chi connectivity index (χ0) is 20.5. The molecular formula is C20H26N6O2S. The lowest BCUT2D eigenvalue weighted by atomic mass is 10.2. The van der Waals surface area contributed by atoms with E-state index in [1.807, 2.05) is 32.9 Å². The zero-order valence-corrected chi connectivity index (χ0v) is 18.0. The highest BCUT2D eigenvalue weighted by Crippen LogP contribution is 2.33. The van der Waals surface area contributed by atoms with Crippen LogP contribution in [0.3, 0.4) is 0 Å². The van der Waals surface area contributed by atoms with Crippen LogP contribution in [0, 0.1) is 13.8 Å². The predicted octanol–water partition coefficient (Wildman–Crippen LogP) is 2.35. The highest BCUT2D eigenvalue weighted by Gasteiger charge is 2.18. The van der Waals surface area contributed by atoms with Crippen molar-refractivity contribution in [3.05, 3.63) is 40.1 Å². The summed E-state index contributed by atoms with van der Waals surface area (Å²) in [5, 5.41) is 4.66. The molecule has 0 saturated carbocycles. The van der Waals surface area contributed by atoms with Crippen molar-refractivity contribution in [2.75, 3.05) is 39.8 Å². The van der Waals surface area contributed by atoms with Gasteiger partial charge in [0, 0.05) is 31.1 Å². The van der Waals surface area contributed by atoms with Crippen LogP contribution in [0.1, 0.15) is 18.4 Å². The summed E-state index contributed by atoms with van der Waals surface area (Å²) in [5.74, 6) is 1.87. The molecular weight excluding hydrogens is 388 g/mol. The Morgan fingerprint density at radius 1 is 1.21 bits per heavy atom. The molecule has 3 heterocycles. The third kappa shape index (κ3) is 4.03. The molecule has 29 heavy (non-hydrogen) atoms. The minimum Gasteiger partial charge on any atom is -0.493 e. The number of ether oxygens (including phenoxy) is 1. The van der Waals surface area contributed by atoms with E-state index in [0.717, 1.165) is 36.6 Å². The van der Waals surface area contributed by atoms with Gasteiger partial charge >= 0.3 is 0 Å². The molecule has 2 aromatic heterocycles. The molecule has 1 N–H and O–H groups in total. The van der Waals surface area contributed by atoms with Crippen LogP contribution in [-0.2, 0) is 0 Å². The van der Waals surface area contributed by atoms with Gasteiger partial charge in [-0.2, -0.15) is 0 Å². The Bertz CT molecular complexity index is 1080. The standard InChI is InChI=1S/C20H26N6O2S/c1-5-28-17-7-6-15(29-25-10-8-24(4)9-11-25)12-16(17)19-22-20(27)18-13(2)21-14(3)26(18)23-19/h6-7,12H,5,8-11H2,1-4H3,(H,22,23,27). The van der Waals surface area contributed by atoms with E-state index in [4.69, 9.17) is 4.74 Å². The SMILES string of the molecule is CCOc1ccc(SN2CCN(C)CC2)cc1-c1nn2c(C)nc(C)c2c(=O)[nH]1. The number of aryl methyl sites for hydroxylation is 2. The molecule has 3 aromatic rings. The molecule has 1 saturated heterocycles. The van der Waals surface area contributed by atoms with Gasteiger partial charge in [-0.25, -0.2) is 13.8 Å². The molecule has 1 fully saturated rings. The second kappa shape index (κ2) is 8.17. The Kier molecular flexibility index (Phi) is 5.62. The second-order valence-electron chi connectivity index (χ2n) is 7.22. The van der Waals surface area contributed by atoms with Crippen molar-refractivity contribution >= 4 is 17.5 Å². The van der Waals surface area contributed by atoms with Crippen molar-refractivity contribution in [3.8, 4) is 17.1 Å². The van der Waals surface area contributed by atoms with Crippen LogP contribution in [0.15, 0.2) is 27.9 Å². The number of aromatic nitrogens is 4. The Morgan fingerprint density at radius 2 is 1.97 bits per heavy atom. The van der Waals surface area contributed by atoms with Crippen LogP contribution in [0.4, 0.5) is 0 Å². The van der Waals surface area contributed by atoms with Crippen LogP contribution in [-0.4, -0.2) is 68.6 Å². The lowest BCUT2D eigenvalue weighted by Gasteiger charge is -2.31. The Balaban J connectivity index is 1.74. The topological polar surface area (TPSA) is 78.8 Å². The molecule has 0 unspecified atom stereocenters. The molecule has 0 radical (unpaired) electrons. The number of nitrogens with one attached hydrogen (secondary N) is 1. The summed E-state index contributed by atoms with van der Waals surface area (Å²) in [6.45, 7) is 10.3. The minimum atomic E-state index is -0.201. The van der Waals surface area contributed by atoms with Gasteiger partial charge in [0.25, 0.3) is 5.56 Å².